The first-order chi connectivity index (χ1) is 7.52. The van der Waals surface area contributed by atoms with Crippen LogP contribution in [0.4, 0.5) is 0 Å². The Labute approximate surface area is 90.9 Å². The summed E-state index contributed by atoms with van der Waals surface area (Å²) in [6, 6.07) is 4.93. The molecule has 1 aromatic heterocycles. The van der Waals surface area contributed by atoms with Gasteiger partial charge in [-0.15, -0.1) is 0 Å². The maximum atomic E-state index is 10.2. The zero-order valence-corrected chi connectivity index (χ0v) is 8.29. The largest absolute Gasteiger partial charge is 0.481 e. The fourth-order valence-electron chi connectivity index (χ4n) is 0.637. The van der Waals surface area contributed by atoms with Crippen molar-refractivity contribution < 1.29 is 19.8 Å². The Morgan fingerprint density at radius 3 is 2.31 bits per heavy atom. The van der Waals surface area contributed by atoms with Crippen molar-refractivity contribution in [2.24, 2.45) is 0 Å². The van der Waals surface area contributed by atoms with Gasteiger partial charge in [-0.25, -0.2) is 4.79 Å². The Morgan fingerprint density at radius 2 is 2.00 bits per heavy atom. The second-order valence-electron chi connectivity index (χ2n) is 2.57. The summed E-state index contributed by atoms with van der Waals surface area (Å²) in [4.78, 5) is 32.1. The van der Waals surface area contributed by atoms with Crippen LogP contribution in [-0.2, 0) is 9.59 Å². The average Bonchev–Trinajstić information content (AvgIpc) is 2.18. The molecule has 1 heterocycles. The van der Waals surface area contributed by atoms with E-state index in [0.717, 1.165) is 12.2 Å². The van der Waals surface area contributed by atoms with E-state index in [0.29, 0.717) is 0 Å². The van der Waals surface area contributed by atoms with Crippen molar-refractivity contribution in [1.82, 2.24) is 4.98 Å². The van der Waals surface area contributed by atoms with E-state index in [1.54, 1.807) is 18.3 Å². The van der Waals surface area contributed by atoms with Crippen LogP contribution < -0.4 is 5.56 Å². The fraction of sp³-hybridized carbons (Fsp3) is 0.100. The van der Waals surface area contributed by atoms with Gasteiger partial charge in [0.1, 0.15) is 0 Å². The molecular formula is C10H11NO5. The lowest BCUT2D eigenvalue weighted by molar-refractivity contribution is -0.136. The molecule has 0 saturated carbocycles. The molecule has 1 aromatic rings. The smallest absolute Gasteiger partial charge is 0.327 e. The maximum Gasteiger partial charge on any atom is 0.327 e. The standard InChI is InChI=1S/C5H5NO.C5H6O4/c7-5-3-1-2-4-6-5;6-4(7)2-1-3-5(8)9/h1-4H,(H,6,7);1-2H,3H2,(H,6,7)(H,8,9)/b;2-1+. The highest BCUT2D eigenvalue weighted by Gasteiger charge is 1.90. The molecule has 0 saturated heterocycles. The van der Waals surface area contributed by atoms with Crippen LogP contribution in [0.5, 0.6) is 0 Å². The summed E-state index contributed by atoms with van der Waals surface area (Å²) in [5.41, 5.74) is -0.0532. The quantitative estimate of drug-likeness (QED) is 0.648. The molecule has 0 radical (unpaired) electrons. The summed E-state index contributed by atoms with van der Waals surface area (Å²) < 4.78 is 0. The lowest BCUT2D eigenvalue weighted by Crippen LogP contribution is -1.98. The number of aromatic amines is 1. The summed E-state index contributed by atoms with van der Waals surface area (Å²) in [6.07, 6.45) is 3.23. The van der Waals surface area contributed by atoms with E-state index < -0.39 is 11.9 Å². The topological polar surface area (TPSA) is 107 Å². The van der Waals surface area contributed by atoms with Gasteiger partial charge in [0.15, 0.2) is 0 Å². The van der Waals surface area contributed by atoms with Gasteiger partial charge in [-0.1, -0.05) is 12.1 Å². The molecule has 0 bridgehead atoms. The SMILES string of the molecule is O=C(O)/C=C/CC(=O)O.O=c1cccc[nH]1. The van der Waals surface area contributed by atoms with Crippen LogP contribution in [0.1, 0.15) is 6.42 Å². The minimum atomic E-state index is -1.13. The molecule has 0 fully saturated rings. The molecule has 6 heteroatoms. The van der Waals surface area contributed by atoms with Gasteiger partial charge in [-0.05, 0) is 6.07 Å². The first-order valence-corrected chi connectivity index (χ1v) is 4.27. The Kier molecular flexibility index (Phi) is 6.80. The number of H-pyrrole nitrogens is 1. The van der Waals surface area contributed by atoms with E-state index >= 15 is 0 Å². The number of aliphatic carboxylic acids is 2. The Morgan fingerprint density at radius 1 is 1.31 bits per heavy atom. The van der Waals surface area contributed by atoms with Gasteiger partial charge < -0.3 is 15.2 Å². The van der Waals surface area contributed by atoms with E-state index in [4.69, 9.17) is 10.2 Å². The predicted molar refractivity (Wildman–Crippen MR) is 56.1 cm³/mol. The summed E-state index contributed by atoms with van der Waals surface area (Å²) in [5, 5.41) is 15.9. The Balaban J connectivity index is 0.000000288. The molecule has 6 nitrogen and oxygen atoms in total. The highest BCUT2D eigenvalue weighted by Crippen LogP contribution is 1.81. The minimum Gasteiger partial charge on any atom is -0.481 e. The minimum absolute atomic E-state index is 0.0532. The van der Waals surface area contributed by atoms with Crippen molar-refractivity contribution in [3.8, 4) is 0 Å². The van der Waals surface area contributed by atoms with Gasteiger partial charge in [-0.2, -0.15) is 0 Å². The average molecular weight is 225 g/mol. The molecule has 0 atom stereocenters. The normalized spacial score (nSPS) is 9.25. The number of pyridine rings is 1. The first-order valence-electron chi connectivity index (χ1n) is 4.27. The van der Waals surface area contributed by atoms with Crippen LogP contribution >= 0.6 is 0 Å². The molecule has 0 aromatic carbocycles. The van der Waals surface area contributed by atoms with Gasteiger partial charge in [-0.3, -0.25) is 9.59 Å². The molecule has 0 unspecified atom stereocenters. The van der Waals surface area contributed by atoms with Crippen LogP contribution in [0.25, 0.3) is 0 Å². The molecule has 0 aliphatic carbocycles. The lowest BCUT2D eigenvalue weighted by Gasteiger charge is -1.79. The second kappa shape index (κ2) is 7.98. The molecule has 1 rings (SSSR count). The van der Waals surface area contributed by atoms with E-state index in [-0.39, 0.29) is 12.0 Å². The van der Waals surface area contributed by atoms with Gasteiger partial charge in [0.05, 0.1) is 6.42 Å². The number of nitrogens with one attached hydrogen (secondary N) is 1. The van der Waals surface area contributed by atoms with Crippen molar-refractivity contribution >= 4 is 11.9 Å². The first kappa shape index (κ1) is 13.6. The van der Waals surface area contributed by atoms with Crippen molar-refractivity contribution in [2.45, 2.75) is 6.42 Å². The molecule has 0 aliphatic rings. The zero-order chi connectivity index (χ0) is 12.4. The van der Waals surface area contributed by atoms with Crippen molar-refractivity contribution in [1.29, 1.82) is 0 Å². The van der Waals surface area contributed by atoms with E-state index in [1.807, 2.05) is 0 Å². The van der Waals surface area contributed by atoms with Gasteiger partial charge >= 0.3 is 11.9 Å². The molecule has 3 N–H and O–H groups in total. The number of carbonyl (C=O) groups is 2. The number of rotatable bonds is 3. The zero-order valence-electron chi connectivity index (χ0n) is 8.29. The lowest BCUT2D eigenvalue weighted by atomic mass is 10.4. The van der Waals surface area contributed by atoms with Crippen LogP contribution in [-0.4, -0.2) is 27.1 Å². The number of carboxylic acids is 2. The van der Waals surface area contributed by atoms with Crippen LogP contribution in [0.2, 0.25) is 0 Å². The van der Waals surface area contributed by atoms with Crippen LogP contribution in [0, 0.1) is 0 Å². The molecule has 86 valence electrons. The number of aromatic nitrogens is 1. The molecule has 16 heavy (non-hydrogen) atoms. The second-order valence-corrected chi connectivity index (χ2v) is 2.57. The Bertz CT molecular complexity index is 404. The number of hydrogen-bond donors (Lipinski definition) is 3. The number of hydrogen-bond acceptors (Lipinski definition) is 3. The monoisotopic (exact) mass is 225 g/mol. The summed E-state index contributed by atoms with van der Waals surface area (Å²) in [5.74, 6) is -2.16. The molecule has 0 aliphatic heterocycles. The predicted octanol–water partition coefficient (Wildman–Crippen LogP) is 0.477. The third-order valence-corrected chi connectivity index (χ3v) is 1.23. The highest BCUT2D eigenvalue weighted by molar-refractivity contribution is 5.81. The van der Waals surface area contributed by atoms with Gasteiger partial charge in [0, 0.05) is 18.3 Å². The number of carboxylic acid groups (broad SMARTS) is 2. The van der Waals surface area contributed by atoms with E-state index in [1.165, 1.54) is 6.07 Å². The third-order valence-electron chi connectivity index (χ3n) is 1.23. The van der Waals surface area contributed by atoms with Crippen molar-refractivity contribution in [3.63, 3.8) is 0 Å². The Hall–Kier alpha value is -2.37. The van der Waals surface area contributed by atoms with Crippen LogP contribution in [0.15, 0.2) is 41.3 Å². The fourth-order valence-corrected chi connectivity index (χ4v) is 0.637. The molecule has 0 amide bonds. The summed E-state index contributed by atoms with van der Waals surface area (Å²) in [6.45, 7) is 0. The van der Waals surface area contributed by atoms with Crippen molar-refractivity contribution in [2.75, 3.05) is 0 Å². The highest BCUT2D eigenvalue weighted by atomic mass is 16.4. The van der Waals surface area contributed by atoms with Gasteiger partial charge in [0.2, 0.25) is 5.56 Å². The summed E-state index contributed by atoms with van der Waals surface area (Å²) in [7, 11) is 0. The van der Waals surface area contributed by atoms with E-state index in [9.17, 15) is 14.4 Å². The van der Waals surface area contributed by atoms with Crippen molar-refractivity contribution in [3.05, 3.63) is 46.9 Å². The van der Waals surface area contributed by atoms with Gasteiger partial charge in [0.25, 0.3) is 0 Å². The molecule has 0 spiro atoms. The van der Waals surface area contributed by atoms with Crippen LogP contribution in [0.3, 0.4) is 0 Å². The summed E-state index contributed by atoms with van der Waals surface area (Å²) >= 11 is 0. The molecular weight excluding hydrogens is 214 g/mol. The van der Waals surface area contributed by atoms with E-state index in [2.05, 4.69) is 4.98 Å². The third kappa shape index (κ3) is 9.72. The maximum absolute atomic E-state index is 10.2.